The van der Waals surface area contributed by atoms with Crippen molar-refractivity contribution in [1.82, 2.24) is 0 Å². The molecule has 82 valence electrons. The lowest BCUT2D eigenvalue weighted by Crippen LogP contribution is -2.26. The second kappa shape index (κ2) is 4.75. The SMILES string of the molecule is N#Cc1cccc(F)c1N=C(N)N=C(N)N. The Hall–Kier alpha value is -2.62. The maximum absolute atomic E-state index is 13.3. The smallest absolute Gasteiger partial charge is 0.223 e. The number of guanidine groups is 2. The van der Waals surface area contributed by atoms with E-state index in [4.69, 9.17) is 22.5 Å². The van der Waals surface area contributed by atoms with Gasteiger partial charge in [0.25, 0.3) is 0 Å². The second-order valence-electron chi connectivity index (χ2n) is 2.75. The van der Waals surface area contributed by atoms with Gasteiger partial charge in [-0.2, -0.15) is 10.3 Å². The van der Waals surface area contributed by atoms with Crippen molar-refractivity contribution >= 4 is 17.6 Å². The average Bonchev–Trinajstić information content (AvgIpc) is 2.20. The molecule has 16 heavy (non-hydrogen) atoms. The van der Waals surface area contributed by atoms with Gasteiger partial charge in [0.15, 0.2) is 5.96 Å². The van der Waals surface area contributed by atoms with Gasteiger partial charge in [0.05, 0.1) is 5.56 Å². The summed E-state index contributed by atoms with van der Waals surface area (Å²) in [5.41, 5.74) is 15.3. The first-order chi connectivity index (χ1) is 7.54. The van der Waals surface area contributed by atoms with E-state index in [2.05, 4.69) is 9.98 Å². The van der Waals surface area contributed by atoms with E-state index in [1.807, 2.05) is 0 Å². The van der Waals surface area contributed by atoms with E-state index < -0.39 is 5.82 Å². The lowest BCUT2D eigenvalue weighted by atomic mass is 10.2. The highest BCUT2D eigenvalue weighted by Gasteiger charge is 2.07. The summed E-state index contributed by atoms with van der Waals surface area (Å²) in [4.78, 5) is 7.03. The maximum Gasteiger partial charge on any atom is 0.223 e. The van der Waals surface area contributed by atoms with Crippen molar-refractivity contribution in [3.8, 4) is 6.07 Å². The molecule has 0 saturated heterocycles. The van der Waals surface area contributed by atoms with Crippen molar-refractivity contribution in [2.45, 2.75) is 0 Å². The molecule has 0 aliphatic carbocycles. The molecule has 0 fully saturated rings. The van der Waals surface area contributed by atoms with Gasteiger partial charge in [0.2, 0.25) is 5.96 Å². The highest BCUT2D eigenvalue weighted by molar-refractivity contribution is 5.93. The van der Waals surface area contributed by atoms with Crippen LogP contribution < -0.4 is 17.2 Å². The summed E-state index contributed by atoms with van der Waals surface area (Å²) in [5.74, 6) is -1.29. The molecule has 0 aliphatic heterocycles. The summed E-state index contributed by atoms with van der Waals surface area (Å²) >= 11 is 0. The third-order valence-electron chi connectivity index (χ3n) is 1.58. The number of benzene rings is 1. The fourth-order valence-electron chi connectivity index (χ4n) is 0.991. The molecule has 0 atom stereocenters. The summed E-state index contributed by atoms with van der Waals surface area (Å²) in [5, 5.41) is 8.73. The van der Waals surface area contributed by atoms with Crippen molar-refractivity contribution in [3.05, 3.63) is 29.6 Å². The van der Waals surface area contributed by atoms with Crippen LogP contribution in [-0.2, 0) is 0 Å². The molecule has 0 unspecified atom stereocenters. The molecule has 0 aliphatic rings. The summed E-state index contributed by atoms with van der Waals surface area (Å²) < 4.78 is 13.3. The molecule has 0 heterocycles. The van der Waals surface area contributed by atoms with Crippen LogP contribution in [0.5, 0.6) is 0 Å². The number of hydrogen-bond donors (Lipinski definition) is 3. The Bertz CT molecular complexity index is 495. The number of nitrogens with two attached hydrogens (primary N) is 3. The molecule has 0 radical (unpaired) electrons. The van der Waals surface area contributed by atoms with Crippen LogP contribution in [0.15, 0.2) is 28.2 Å². The largest absolute Gasteiger partial charge is 0.370 e. The Labute approximate surface area is 90.9 Å². The van der Waals surface area contributed by atoms with Gasteiger partial charge in [-0.25, -0.2) is 9.38 Å². The van der Waals surface area contributed by atoms with Gasteiger partial charge in [-0.05, 0) is 12.1 Å². The first kappa shape index (κ1) is 11.5. The van der Waals surface area contributed by atoms with Crippen molar-refractivity contribution in [2.75, 3.05) is 0 Å². The van der Waals surface area contributed by atoms with Crippen LogP contribution in [0.1, 0.15) is 5.56 Å². The summed E-state index contributed by atoms with van der Waals surface area (Å²) in [6.45, 7) is 0. The van der Waals surface area contributed by atoms with E-state index in [1.54, 1.807) is 6.07 Å². The first-order valence-corrected chi connectivity index (χ1v) is 4.17. The minimum atomic E-state index is -0.673. The number of nitriles is 1. The second-order valence-corrected chi connectivity index (χ2v) is 2.75. The minimum Gasteiger partial charge on any atom is -0.370 e. The molecule has 0 aromatic heterocycles. The molecule has 0 saturated carbocycles. The number of aliphatic imine (C=N–C) groups is 2. The molecular weight excluding hydrogens is 211 g/mol. The summed E-state index contributed by atoms with van der Waals surface area (Å²) in [7, 11) is 0. The Morgan fingerprint density at radius 2 is 2.00 bits per heavy atom. The van der Waals surface area contributed by atoms with E-state index >= 15 is 0 Å². The Kier molecular flexibility index (Phi) is 3.40. The number of nitrogens with zero attached hydrogens (tertiary/aromatic N) is 3. The van der Waals surface area contributed by atoms with Gasteiger partial charge in [-0.1, -0.05) is 6.07 Å². The van der Waals surface area contributed by atoms with Gasteiger partial charge in [-0.3, -0.25) is 0 Å². The van der Waals surface area contributed by atoms with E-state index in [0.717, 1.165) is 6.07 Å². The minimum absolute atomic E-state index is 0.0498. The molecule has 1 rings (SSSR count). The highest BCUT2D eigenvalue weighted by atomic mass is 19.1. The predicted octanol–water partition coefficient (Wildman–Crippen LogP) is -0.0830. The maximum atomic E-state index is 13.3. The molecule has 1 aromatic rings. The van der Waals surface area contributed by atoms with Gasteiger partial charge in [0, 0.05) is 0 Å². The van der Waals surface area contributed by atoms with Crippen LogP contribution in [-0.4, -0.2) is 11.9 Å². The number of hydrogen-bond acceptors (Lipinski definition) is 2. The number of para-hydroxylation sites is 1. The number of halogens is 1. The van der Waals surface area contributed by atoms with Crippen LogP contribution in [0.3, 0.4) is 0 Å². The van der Waals surface area contributed by atoms with E-state index in [-0.39, 0.29) is 23.2 Å². The standard InChI is InChI=1S/C9H9FN6/c10-6-3-1-2-5(4-11)7(6)15-9(14)16-8(12)13/h1-3H,(H6,12,13,14,15,16). The molecule has 0 amide bonds. The van der Waals surface area contributed by atoms with Crippen molar-refractivity contribution in [1.29, 1.82) is 5.26 Å². The van der Waals surface area contributed by atoms with Gasteiger partial charge in [0.1, 0.15) is 17.6 Å². The zero-order chi connectivity index (χ0) is 12.1. The highest BCUT2D eigenvalue weighted by Crippen LogP contribution is 2.22. The van der Waals surface area contributed by atoms with E-state index in [9.17, 15) is 4.39 Å². The molecule has 1 aromatic carbocycles. The van der Waals surface area contributed by atoms with Crippen LogP contribution in [0.2, 0.25) is 0 Å². The third kappa shape index (κ3) is 2.68. The Morgan fingerprint density at radius 3 is 2.56 bits per heavy atom. The van der Waals surface area contributed by atoms with Crippen LogP contribution in [0, 0.1) is 17.1 Å². The quantitative estimate of drug-likeness (QED) is 0.451. The average molecular weight is 220 g/mol. The molecule has 6 N–H and O–H groups in total. The van der Waals surface area contributed by atoms with Crippen molar-refractivity contribution in [3.63, 3.8) is 0 Å². The fourth-order valence-corrected chi connectivity index (χ4v) is 0.991. The molecular formula is C9H9FN6. The number of rotatable bonds is 1. The molecule has 0 bridgehead atoms. The van der Waals surface area contributed by atoms with E-state index in [1.165, 1.54) is 12.1 Å². The zero-order valence-corrected chi connectivity index (χ0v) is 8.18. The van der Waals surface area contributed by atoms with Crippen molar-refractivity contribution in [2.24, 2.45) is 27.2 Å². The monoisotopic (exact) mass is 220 g/mol. The zero-order valence-electron chi connectivity index (χ0n) is 8.18. The molecule has 6 nitrogen and oxygen atoms in total. The third-order valence-corrected chi connectivity index (χ3v) is 1.58. The van der Waals surface area contributed by atoms with Crippen LogP contribution in [0.4, 0.5) is 10.1 Å². The lowest BCUT2D eigenvalue weighted by Gasteiger charge is -1.99. The Morgan fingerprint density at radius 1 is 1.31 bits per heavy atom. The van der Waals surface area contributed by atoms with E-state index in [0.29, 0.717) is 0 Å². The van der Waals surface area contributed by atoms with Gasteiger partial charge in [-0.15, -0.1) is 0 Å². The Balaban J connectivity index is 3.25. The summed E-state index contributed by atoms with van der Waals surface area (Å²) in [6.07, 6.45) is 0. The molecule has 0 spiro atoms. The van der Waals surface area contributed by atoms with Crippen LogP contribution >= 0.6 is 0 Å². The first-order valence-electron chi connectivity index (χ1n) is 4.17. The summed E-state index contributed by atoms with van der Waals surface area (Å²) in [6, 6.07) is 5.74. The van der Waals surface area contributed by atoms with Crippen LogP contribution in [0.25, 0.3) is 0 Å². The lowest BCUT2D eigenvalue weighted by molar-refractivity contribution is 0.629. The van der Waals surface area contributed by atoms with Crippen molar-refractivity contribution < 1.29 is 4.39 Å². The van der Waals surface area contributed by atoms with Gasteiger partial charge >= 0.3 is 0 Å². The fraction of sp³-hybridized carbons (Fsp3) is 0. The topological polar surface area (TPSA) is 127 Å². The predicted molar refractivity (Wildman–Crippen MR) is 58.2 cm³/mol. The molecule has 7 heteroatoms. The van der Waals surface area contributed by atoms with Gasteiger partial charge < -0.3 is 17.2 Å². The normalized spacial score (nSPS) is 10.6.